The molecule has 2 N–H and O–H groups in total. The van der Waals surface area contributed by atoms with Crippen LogP contribution in [0.5, 0.6) is 0 Å². The first-order valence-electron chi connectivity index (χ1n) is 4.37. The summed E-state index contributed by atoms with van der Waals surface area (Å²) in [5.74, 6) is -0.576. The lowest BCUT2D eigenvalue weighted by molar-refractivity contribution is -0.111. The third-order valence-corrected chi connectivity index (χ3v) is 2.53. The van der Waals surface area contributed by atoms with E-state index in [-0.39, 0.29) is 4.86 Å². The van der Waals surface area contributed by atoms with Gasteiger partial charge in [-0.1, -0.05) is 24.4 Å². The number of nitrogens with two attached hydrogens (primary N) is 1. The van der Waals surface area contributed by atoms with Crippen LogP contribution in [-0.2, 0) is 4.79 Å². The molecule has 0 saturated heterocycles. The van der Waals surface area contributed by atoms with Gasteiger partial charge in [-0.3, -0.25) is 9.78 Å². The molecule has 15 heavy (non-hydrogen) atoms. The predicted molar refractivity (Wildman–Crippen MR) is 62.6 cm³/mol. The largest absolute Gasteiger partial charge is 0.365 e. The molecule has 4 heteroatoms. The Morgan fingerprint density at radius 2 is 2.13 bits per heavy atom. The fraction of sp³-hybridized carbons (Fsp3) is 0. The summed E-state index contributed by atoms with van der Waals surface area (Å²) in [7, 11) is 0. The summed E-state index contributed by atoms with van der Waals surface area (Å²) >= 11 is 4.91. The standard InChI is InChI=1S/C11H8N2OS/c12-11(14)10(15)8-3-4-9-7(6-8)2-1-5-13-9/h1-6H,(H2,12,14). The van der Waals surface area contributed by atoms with E-state index >= 15 is 0 Å². The average Bonchev–Trinajstić information content (AvgIpc) is 2.27. The number of carbonyl (C=O) groups is 1. The molecule has 1 heterocycles. The van der Waals surface area contributed by atoms with Crippen LogP contribution in [0.25, 0.3) is 10.9 Å². The average molecular weight is 216 g/mol. The van der Waals surface area contributed by atoms with E-state index in [0.29, 0.717) is 5.56 Å². The number of rotatable bonds is 2. The lowest BCUT2D eigenvalue weighted by Crippen LogP contribution is -2.21. The third-order valence-electron chi connectivity index (χ3n) is 2.09. The number of nitrogens with zero attached hydrogens (tertiary/aromatic N) is 1. The molecule has 0 fully saturated rings. The van der Waals surface area contributed by atoms with E-state index in [1.807, 2.05) is 24.3 Å². The molecular formula is C11H8N2OS. The van der Waals surface area contributed by atoms with Crippen LogP contribution in [0.2, 0.25) is 0 Å². The predicted octanol–water partition coefficient (Wildman–Crippen LogP) is 1.44. The monoisotopic (exact) mass is 216 g/mol. The maximum absolute atomic E-state index is 10.9. The van der Waals surface area contributed by atoms with E-state index in [9.17, 15) is 4.79 Å². The van der Waals surface area contributed by atoms with Crippen molar-refractivity contribution in [2.45, 2.75) is 0 Å². The second-order valence-corrected chi connectivity index (χ2v) is 3.51. The highest BCUT2D eigenvalue weighted by atomic mass is 32.1. The van der Waals surface area contributed by atoms with Gasteiger partial charge in [0.25, 0.3) is 5.91 Å². The van der Waals surface area contributed by atoms with Gasteiger partial charge in [-0.15, -0.1) is 0 Å². The van der Waals surface area contributed by atoms with E-state index in [2.05, 4.69) is 4.98 Å². The molecule has 0 saturated carbocycles. The minimum atomic E-state index is -0.576. The summed E-state index contributed by atoms with van der Waals surface area (Å²) in [6, 6.07) is 9.13. The summed E-state index contributed by atoms with van der Waals surface area (Å²) in [4.78, 5) is 15.2. The molecule has 0 aliphatic rings. The first-order chi connectivity index (χ1) is 7.18. The minimum Gasteiger partial charge on any atom is -0.365 e. The summed E-state index contributed by atoms with van der Waals surface area (Å²) in [5.41, 5.74) is 6.65. The van der Waals surface area contributed by atoms with Gasteiger partial charge in [0.15, 0.2) is 0 Å². The smallest absolute Gasteiger partial charge is 0.260 e. The number of aromatic nitrogens is 1. The van der Waals surface area contributed by atoms with E-state index in [1.165, 1.54) is 0 Å². The summed E-state index contributed by atoms with van der Waals surface area (Å²) in [5, 5.41) is 0.943. The molecule has 0 aliphatic carbocycles. The van der Waals surface area contributed by atoms with Crippen molar-refractivity contribution in [1.29, 1.82) is 0 Å². The number of primary amides is 1. The molecule has 1 aromatic heterocycles. The topological polar surface area (TPSA) is 56.0 Å². The fourth-order valence-electron chi connectivity index (χ4n) is 1.36. The first kappa shape index (κ1) is 9.73. The summed E-state index contributed by atoms with van der Waals surface area (Å²) in [6.45, 7) is 0. The van der Waals surface area contributed by atoms with E-state index < -0.39 is 5.91 Å². The fourth-order valence-corrected chi connectivity index (χ4v) is 1.49. The zero-order valence-corrected chi connectivity index (χ0v) is 8.62. The molecule has 0 unspecified atom stereocenters. The molecule has 2 rings (SSSR count). The van der Waals surface area contributed by atoms with Gasteiger partial charge in [0.05, 0.1) is 5.52 Å². The van der Waals surface area contributed by atoms with E-state index in [0.717, 1.165) is 10.9 Å². The van der Waals surface area contributed by atoms with Gasteiger partial charge in [0, 0.05) is 11.6 Å². The number of benzene rings is 1. The molecule has 0 spiro atoms. The quantitative estimate of drug-likeness (QED) is 0.610. The molecule has 2 aromatic rings. The van der Waals surface area contributed by atoms with Gasteiger partial charge >= 0.3 is 0 Å². The highest BCUT2D eigenvalue weighted by molar-refractivity contribution is 7.82. The Morgan fingerprint density at radius 1 is 1.33 bits per heavy atom. The van der Waals surface area contributed by atoms with Gasteiger partial charge in [0.1, 0.15) is 4.86 Å². The molecule has 0 radical (unpaired) electrons. The van der Waals surface area contributed by atoms with Crippen molar-refractivity contribution < 1.29 is 4.79 Å². The lowest BCUT2D eigenvalue weighted by Gasteiger charge is -2.01. The maximum atomic E-state index is 10.9. The van der Waals surface area contributed by atoms with E-state index in [1.54, 1.807) is 12.3 Å². The Bertz CT molecular complexity index is 551. The van der Waals surface area contributed by atoms with Gasteiger partial charge in [-0.05, 0) is 23.8 Å². The van der Waals surface area contributed by atoms with Gasteiger partial charge in [-0.25, -0.2) is 0 Å². The van der Waals surface area contributed by atoms with Crippen molar-refractivity contribution in [1.82, 2.24) is 4.98 Å². The van der Waals surface area contributed by atoms with Crippen molar-refractivity contribution in [3.05, 3.63) is 42.1 Å². The molecule has 0 aliphatic heterocycles. The van der Waals surface area contributed by atoms with Crippen LogP contribution in [0.1, 0.15) is 5.56 Å². The van der Waals surface area contributed by atoms with Gasteiger partial charge in [-0.2, -0.15) is 0 Å². The number of fused-ring (bicyclic) bond motifs is 1. The van der Waals surface area contributed by atoms with Gasteiger partial charge in [0.2, 0.25) is 0 Å². The molecule has 0 atom stereocenters. The third kappa shape index (κ3) is 1.85. The first-order valence-corrected chi connectivity index (χ1v) is 4.78. The zero-order valence-electron chi connectivity index (χ0n) is 7.81. The molecule has 1 aromatic carbocycles. The maximum Gasteiger partial charge on any atom is 0.260 e. The molecule has 3 nitrogen and oxygen atoms in total. The van der Waals surface area contributed by atoms with Crippen molar-refractivity contribution in [2.24, 2.45) is 5.73 Å². The van der Waals surface area contributed by atoms with Crippen LogP contribution >= 0.6 is 12.2 Å². The number of thiocarbonyl (C=S) groups is 1. The highest BCUT2D eigenvalue weighted by Crippen LogP contribution is 2.13. The van der Waals surface area contributed by atoms with Crippen molar-refractivity contribution in [2.75, 3.05) is 0 Å². The second-order valence-electron chi connectivity index (χ2n) is 3.10. The Hall–Kier alpha value is -1.81. The number of carbonyl (C=O) groups excluding carboxylic acids is 1. The van der Waals surface area contributed by atoms with Crippen LogP contribution in [0.4, 0.5) is 0 Å². The Balaban J connectivity index is 2.56. The number of hydrogen-bond acceptors (Lipinski definition) is 3. The Morgan fingerprint density at radius 3 is 2.87 bits per heavy atom. The SMILES string of the molecule is NC(=O)C(=S)c1ccc2ncccc2c1. The van der Waals surface area contributed by atoms with Crippen LogP contribution in [-0.4, -0.2) is 15.8 Å². The lowest BCUT2D eigenvalue weighted by atomic mass is 10.1. The number of pyridine rings is 1. The van der Waals surface area contributed by atoms with E-state index in [4.69, 9.17) is 18.0 Å². The Kier molecular flexibility index (Phi) is 2.43. The highest BCUT2D eigenvalue weighted by Gasteiger charge is 2.07. The molecule has 74 valence electrons. The normalized spacial score (nSPS) is 10.1. The summed E-state index contributed by atoms with van der Waals surface area (Å²) in [6.07, 6.45) is 1.72. The Labute approximate surface area is 91.9 Å². The number of amides is 1. The number of hydrogen-bond donors (Lipinski definition) is 1. The molecule has 0 bridgehead atoms. The molecular weight excluding hydrogens is 208 g/mol. The van der Waals surface area contributed by atoms with Crippen molar-refractivity contribution in [3.8, 4) is 0 Å². The second kappa shape index (κ2) is 3.74. The summed E-state index contributed by atoms with van der Waals surface area (Å²) < 4.78 is 0. The van der Waals surface area contributed by atoms with Crippen LogP contribution in [0.3, 0.4) is 0 Å². The van der Waals surface area contributed by atoms with Crippen molar-refractivity contribution >= 4 is 33.9 Å². The molecule has 1 amide bonds. The van der Waals surface area contributed by atoms with Crippen LogP contribution in [0.15, 0.2) is 36.5 Å². The zero-order chi connectivity index (χ0) is 10.8. The van der Waals surface area contributed by atoms with Crippen LogP contribution < -0.4 is 5.73 Å². The van der Waals surface area contributed by atoms with Gasteiger partial charge < -0.3 is 5.73 Å². The van der Waals surface area contributed by atoms with Crippen LogP contribution in [0, 0.1) is 0 Å². The van der Waals surface area contributed by atoms with Crippen molar-refractivity contribution in [3.63, 3.8) is 0 Å². The minimum absolute atomic E-state index is 0.153.